The second-order valence-corrected chi connectivity index (χ2v) is 6.84. The van der Waals surface area contributed by atoms with Crippen LogP contribution in [0.4, 0.5) is 4.39 Å². The van der Waals surface area contributed by atoms with Gasteiger partial charge in [0, 0.05) is 17.1 Å². The molecule has 3 nitrogen and oxygen atoms in total. The van der Waals surface area contributed by atoms with Crippen molar-refractivity contribution in [3.8, 4) is 5.75 Å². The molecule has 2 N–H and O–H groups in total. The number of hydrogen-bond acceptors (Lipinski definition) is 3. The molecule has 5 heteroatoms. The van der Waals surface area contributed by atoms with E-state index >= 15 is 0 Å². The minimum atomic E-state index is -0.622. The largest absolute Gasteiger partial charge is 0.488 e. The van der Waals surface area contributed by atoms with Gasteiger partial charge in [0.1, 0.15) is 23.8 Å². The fourth-order valence-corrected chi connectivity index (χ4v) is 3.53. The normalized spacial score (nSPS) is 23.4. The van der Waals surface area contributed by atoms with Crippen LogP contribution in [-0.4, -0.2) is 29.9 Å². The van der Waals surface area contributed by atoms with Gasteiger partial charge in [0.25, 0.3) is 0 Å². The molecule has 0 bridgehead atoms. The highest BCUT2D eigenvalue weighted by Crippen LogP contribution is 2.25. The molecule has 0 aromatic heterocycles. The van der Waals surface area contributed by atoms with Gasteiger partial charge in [-0.05, 0) is 56.0 Å². The van der Waals surface area contributed by atoms with E-state index in [1.165, 1.54) is 12.1 Å². The van der Waals surface area contributed by atoms with Crippen LogP contribution in [0.15, 0.2) is 48.5 Å². The van der Waals surface area contributed by atoms with Gasteiger partial charge in [0.2, 0.25) is 0 Å². The van der Waals surface area contributed by atoms with E-state index in [9.17, 15) is 9.50 Å². The first-order valence-corrected chi connectivity index (χ1v) is 9.08. The molecule has 1 aliphatic rings. The van der Waals surface area contributed by atoms with Gasteiger partial charge in [-0.25, -0.2) is 4.39 Å². The summed E-state index contributed by atoms with van der Waals surface area (Å²) < 4.78 is 19.1. The van der Waals surface area contributed by atoms with Gasteiger partial charge in [-0.3, -0.25) is 0 Å². The zero-order chi connectivity index (χ0) is 17.6. The summed E-state index contributed by atoms with van der Waals surface area (Å²) in [5, 5.41) is 14.8. The minimum absolute atomic E-state index is 0.0326. The van der Waals surface area contributed by atoms with Crippen LogP contribution in [-0.2, 0) is 6.42 Å². The van der Waals surface area contributed by atoms with Crippen LogP contribution in [0.5, 0.6) is 5.75 Å². The average Bonchev–Trinajstić information content (AvgIpc) is 2.60. The summed E-state index contributed by atoms with van der Waals surface area (Å²) in [6.07, 6.45) is 2.48. The van der Waals surface area contributed by atoms with Crippen molar-refractivity contribution in [3.63, 3.8) is 0 Å². The third kappa shape index (κ3) is 4.94. The number of aliphatic hydroxyl groups is 1. The maximum Gasteiger partial charge on any atom is 0.126 e. The molecule has 25 heavy (non-hydrogen) atoms. The van der Waals surface area contributed by atoms with Crippen LogP contribution in [0.2, 0.25) is 5.02 Å². The fourth-order valence-electron chi connectivity index (χ4n) is 3.30. The molecular formula is C20H23ClFNO2. The molecule has 1 fully saturated rings. The molecule has 1 aliphatic carbocycles. The molecule has 0 unspecified atom stereocenters. The Balaban J connectivity index is 1.53. The van der Waals surface area contributed by atoms with Gasteiger partial charge in [0.15, 0.2) is 0 Å². The number of benzene rings is 2. The number of halogens is 2. The Bertz CT molecular complexity index is 697. The predicted molar refractivity (Wildman–Crippen MR) is 97.6 cm³/mol. The molecule has 0 saturated heterocycles. The quantitative estimate of drug-likeness (QED) is 0.815. The molecule has 3 rings (SSSR count). The van der Waals surface area contributed by atoms with Crippen molar-refractivity contribution in [2.45, 2.75) is 43.9 Å². The van der Waals surface area contributed by atoms with Gasteiger partial charge in [-0.1, -0.05) is 35.9 Å². The summed E-state index contributed by atoms with van der Waals surface area (Å²) in [5.74, 6) is 0.123. The Morgan fingerprint density at radius 1 is 1.16 bits per heavy atom. The van der Waals surface area contributed by atoms with Gasteiger partial charge in [0.05, 0.1) is 0 Å². The first kappa shape index (κ1) is 18.2. The van der Waals surface area contributed by atoms with E-state index in [-0.39, 0.29) is 18.0 Å². The number of rotatable bonds is 6. The molecule has 0 radical (unpaired) electrons. The first-order chi connectivity index (χ1) is 12.1. The topological polar surface area (TPSA) is 41.5 Å². The Labute approximate surface area is 152 Å². The van der Waals surface area contributed by atoms with E-state index in [4.69, 9.17) is 16.3 Å². The molecule has 134 valence electrons. The molecule has 0 aliphatic heterocycles. The molecule has 1 saturated carbocycles. The van der Waals surface area contributed by atoms with E-state index < -0.39 is 6.10 Å². The number of ether oxygens (including phenoxy) is 1. The lowest BCUT2D eigenvalue weighted by Gasteiger charge is -2.35. The van der Waals surface area contributed by atoms with Crippen LogP contribution in [0.1, 0.15) is 24.8 Å². The average molecular weight is 364 g/mol. The standard InChI is InChI=1S/C20H23ClFNO2/c21-17-8-2-1-5-14(17)11-12-23-18-9-4-10-19(20(18)24)25-16-7-3-6-15(22)13-16/h1-3,5-8,13,18-20,23-24H,4,9-12H2/t18-,19+,20+/m0/s1. The van der Waals surface area contributed by atoms with Gasteiger partial charge in [-0.2, -0.15) is 0 Å². The van der Waals surface area contributed by atoms with Crippen molar-refractivity contribution < 1.29 is 14.2 Å². The number of nitrogens with one attached hydrogen (secondary N) is 1. The summed E-state index contributed by atoms with van der Waals surface area (Å²) in [7, 11) is 0. The highest BCUT2D eigenvalue weighted by atomic mass is 35.5. The van der Waals surface area contributed by atoms with Gasteiger partial charge in [-0.15, -0.1) is 0 Å². The molecular weight excluding hydrogens is 341 g/mol. The number of hydrogen-bond donors (Lipinski definition) is 2. The Kier molecular flexibility index (Phi) is 6.29. The minimum Gasteiger partial charge on any atom is -0.488 e. The van der Waals surface area contributed by atoms with E-state index in [0.717, 1.165) is 42.8 Å². The second-order valence-electron chi connectivity index (χ2n) is 6.44. The third-order valence-corrected chi connectivity index (χ3v) is 5.01. The van der Waals surface area contributed by atoms with Crippen LogP contribution in [0, 0.1) is 5.82 Å². The Morgan fingerprint density at radius 3 is 2.80 bits per heavy atom. The predicted octanol–water partition coefficient (Wildman–Crippen LogP) is 3.97. The van der Waals surface area contributed by atoms with E-state index in [2.05, 4.69) is 5.32 Å². The molecule has 3 atom stereocenters. The van der Waals surface area contributed by atoms with Crippen LogP contribution >= 0.6 is 11.6 Å². The molecule has 2 aromatic rings. The van der Waals surface area contributed by atoms with Gasteiger partial charge < -0.3 is 15.2 Å². The highest BCUT2D eigenvalue weighted by Gasteiger charge is 2.33. The van der Waals surface area contributed by atoms with E-state index in [0.29, 0.717) is 5.75 Å². The van der Waals surface area contributed by atoms with Crippen LogP contribution in [0.25, 0.3) is 0 Å². The van der Waals surface area contributed by atoms with E-state index in [1.54, 1.807) is 12.1 Å². The van der Waals surface area contributed by atoms with Crippen LogP contribution in [0.3, 0.4) is 0 Å². The fraction of sp³-hybridized carbons (Fsp3) is 0.400. The van der Waals surface area contributed by atoms with E-state index in [1.807, 2.05) is 24.3 Å². The van der Waals surface area contributed by atoms with Crippen molar-refractivity contribution in [2.24, 2.45) is 0 Å². The van der Waals surface area contributed by atoms with Crippen LogP contribution < -0.4 is 10.1 Å². The van der Waals surface area contributed by atoms with Crippen molar-refractivity contribution in [1.29, 1.82) is 0 Å². The summed E-state index contributed by atoms with van der Waals surface area (Å²) in [6, 6.07) is 13.8. The zero-order valence-electron chi connectivity index (χ0n) is 14.0. The smallest absolute Gasteiger partial charge is 0.126 e. The summed E-state index contributed by atoms with van der Waals surface area (Å²) in [4.78, 5) is 0. The second kappa shape index (κ2) is 8.65. The maximum absolute atomic E-state index is 13.3. The SMILES string of the molecule is O[C@@H]1[C@@H](NCCc2ccccc2Cl)CCC[C@H]1Oc1cccc(F)c1. The first-order valence-electron chi connectivity index (χ1n) is 8.70. The van der Waals surface area contributed by atoms with Gasteiger partial charge >= 0.3 is 0 Å². The third-order valence-electron chi connectivity index (χ3n) is 4.64. The lowest BCUT2D eigenvalue weighted by molar-refractivity contribution is -0.0152. The van der Waals surface area contributed by atoms with Crippen molar-refractivity contribution in [3.05, 3.63) is 64.9 Å². The molecule has 0 amide bonds. The summed E-state index contributed by atoms with van der Waals surface area (Å²) in [6.45, 7) is 0.734. The van der Waals surface area contributed by atoms with Crippen molar-refractivity contribution >= 4 is 11.6 Å². The Hall–Kier alpha value is -1.62. The summed E-state index contributed by atoms with van der Waals surface area (Å²) in [5.41, 5.74) is 1.09. The maximum atomic E-state index is 13.3. The molecule has 0 spiro atoms. The van der Waals surface area contributed by atoms with Crippen molar-refractivity contribution in [1.82, 2.24) is 5.32 Å². The lowest BCUT2D eigenvalue weighted by Crippen LogP contribution is -2.51. The van der Waals surface area contributed by atoms with Crippen molar-refractivity contribution in [2.75, 3.05) is 6.54 Å². The Morgan fingerprint density at radius 2 is 2.00 bits per heavy atom. The molecule has 2 aromatic carbocycles. The number of aliphatic hydroxyl groups excluding tert-OH is 1. The monoisotopic (exact) mass is 363 g/mol. The summed E-state index contributed by atoms with van der Waals surface area (Å²) >= 11 is 6.17. The lowest BCUT2D eigenvalue weighted by atomic mass is 9.89. The molecule has 0 heterocycles. The zero-order valence-corrected chi connectivity index (χ0v) is 14.8. The highest BCUT2D eigenvalue weighted by molar-refractivity contribution is 6.31.